The van der Waals surface area contributed by atoms with Crippen molar-refractivity contribution in [3.8, 4) is 6.07 Å². The molecule has 0 aliphatic carbocycles. The lowest BCUT2D eigenvalue weighted by Gasteiger charge is -2.38. The Morgan fingerprint density at radius 1 is 1.59 bits per heavy atom. The Morgan fingerprint density at radius 3 is 3.00 bits per heavy atom. The van der Waals surface area contributed by atoms with Crippen molar-refractivity contribution < 1.29 is 9.18 Å². The first kappa shape index (κ1) is 13.8. The number of alkyl halides is 1. The van der Waals surface area contributed by atoms with Crippen molar-refractivity contribution in [3.05, 3.63) is 12.2 Å². The van der Waals surface area contributed by atoms with E-state index in [2.05, 4.69) is 11.0 Å². The molecule has 17 heavy (non-hydrogen) atoms. The molecule has 1 aliphatic rings. The molecule has 0 amide bonds. The standard InChI is InChI=1S/C12H18FN3O/c1-15-7-8-16(11(9-15)4-6-14)10-12(17)3-2-5-13/h2-3,11H,4-5,7-10H2,1H3/b3-2+. The van der Waals surface area contributed by atoms with Gasteiger partial charge in [-0.2, -0.15) is 5.26 Å². The highest BCUT2D eigenvalue weighted by atomic mass is 19.1. The van der Waals surface area contributed by atoms with Gasteiger partial charge in [0.1, 0.15) is 6.67 Å². The summed E-state index contributed by atoms with van der Waals surface area (Å²) in [6.07, 6.45) is 2.92. The number of piperazine rings is 1. The lowest BCUT2D eigenvalue weighted by atomic mass is 10.1. The second-order valence-electron chi connectivity index (χ2n) is 4.27. The normalized spacial score (nSPS) is 22.8. The zero-order chi connectivity index (χ0) is 12.7. The number of nitriles is 1. The van der Waals surface area contributed by atoms with Crippen LogP contribution in [0.15, 0.2) is 12.2 Å². The molecule has 0 aromatic carbocycles. The number of hydrogen-bond donors (Lipinski definition) is 0. The minimum Gasteiger partial charge on any atom is -0.304 e. The minimum absolute atomic E-state index is 0.0986. The van der Waals surface area contributed by atoms with Gasteiger partial charge in [-0.05, 0) is 13.1 Å². The van der Waals surface area contributed by atoms with Crippen LogP contribution in [0, 0.1) is 11.3 Å². The molecule has 1 unspecified atom stereocenters. The summed E-state index contributed by atoms with van der Waals surface area (Å²) < 4.78 is 11.9. The summed E-state index contributed by atoms with van der Waals surface area (Å²) in [7, 11) is 2.01. The van der Waals surface area contributed by atoms with Gasteiger partial charge in [-0.1, -0.05) is 6.08 Å². The van der Waals surface area contributed by atoms with Crippen LogP contribution in [-0.2, 0) is 4.79 Å². The fraction of sp³-hybridized carbons (Fsp3) is 0.667. The Balaban J connectivity index is 2.52. The van der Waals surface area contributed by atoms with Crippen LogP contribution in [0.4, 0.5) is 4.39 Å². The molecule has 1 aliphatic heterocycles. The third kappa shape index (κ3) is 4.63. The Morgan fingerprint density at radius 2 is 2.35 bits per heavy atom. The lowest BCUT2D eigenvalue weighted by Crippen LogP contribution is -2.52. The third-order valence-electron chi connectivity index (χ3n) is 2.89. The zero-order valence-corrected chi connectivity index (χ0v) is 10.1. The van der Waals surface area contributed by atoms with Gasteiger partial charge >= 0.3 is 0 Å². The molecule has 1 fully saturated rings. The largest absolute Gasteiger partial charge is 0.304 e. The van der Waals surface area contributed by atoms with Gasteiger partial charge < -0.3 is 4.90 Å². The van der Waals surface area contributed by atoms with Crippen molar-refractivity contribution in [3.63, 3.8) is 0 Å². The monoisotopic (exact) mass is 239 g/mol. The van der Waals surface area contributed by atoms with E-state index < -0.39 is 6.67 Å². The van der Waals surface area contributed by atoms with Crippen LogP contribution >= 0.6 is 0 Å². The molecule has 0 spiro atoms. The summed E-state index contributed by atoms with van der Waals surface area (Å²) in [6, 6.07) is 2.25. The second kappa shape index (κ2) is 7.15. The van der Waals surface area contributed by atoms with E-state index in [9.17, 15) is 9.18 Å². The maximum atomic E-state index is 11.9. The zero-order valence-electron chi connectivity index (χ0n) is 10.1. The molecule has 0 saturated carbocycles. The summed E-state index contributed by atoms with van der Waals surface area (Å²) in [5.41, 5.74) is 0. The van der Waals surface area contributed by atoms with Gasteiger partial charge in [-0.25, -0.2) is 4.39 Å². The van der Waals surface area contributed by atoms with Crippen molar-refractivity contribution in [2.45, 2.75) is 12.5 Å². The number of carbonyl (C=O) groups excluding carboxylic acids is 1. The summed E-state index contributed by atoms with van der Waals surface area (Å²) in [5.74, 6) is -0.102. The first-order chi connectivity index (χ1) is 8.17. The SMILES string of the molecule is CN1CCN(CC(=O)/C=C/CF)C(CC#N)C1. The van der Waals surface area contributed by atoms with E-state index in [0.29, 0.717) is 6.42 Å². The van der Waals surface area contributed by atoms with E-state index in [0.717, 1.165) is 19.6 Å². The fourth-order valence-corrected chi connectivity index (χ4v) is 1.98. The highest BCUT2D eigenvalue weighted by Gasteiger charge is 2.25. The summed E-state index contributed by atoms with van der Waals surface area (Å²) >= 11 is 0. The summed E-state index contributed by atoms with van der Waals surface area (Å²) in [6.45, 7) is 2.13. The van der Waals surface area contributed by atoms with Crippen LogP contribution in [-0.4, -0.2) is 61.5 Å². The molecular formula is C12H18FN3O. The summed E-state index contributed by atoms with van der Waals surface area (Å²) in [5, 5.41) is 8.75. The van der Waals surface area contributed by atoms with Crippen LogP contribution in [0.3, 0.4) is 0 Å². The molecule has 5 heteroatoms. The Labute approximate surface area is 101 Å². The number of carbonyl (C=O) groups is 1. The quantitative estimate of drug-likeness (QED) is 0.660. The van der Waals surface area contributed by atoms with Gasteiger partial charge in [-0.15, -0.1) is 0 Å². The third-order valence-corrected chi connectivity index (χ3v) is 2.89. The maximum absolute atomic E-state index is 11.9. The molecule has 0 aromatic rings. The highest BCUT2D eigenvalue weighted by molar-refractivity contribution is 5.91. The average Bonchev–Trinajstić information content (AvgIpc) is 2.30. The molecular weight excluding hydrogens is 221 g/mol. The van der Waals surface area contributed by atoms with Crippen LogP contribution in [0.25, 0.3) is 0 Å². The van der Waals surface area contributed by atoms with Gasteiger partial charge in [0.25, 0.3) is 0 Å². The van der Waals surface area contributed by atoms with Crippen molar-refractivity contribution in [2.24, 2.45) is 0 Å². The van der Waals surface area contributed by atoms with E-state index in [1.165, 1.54) is 12.2 Å². The first-order valence-electron chi connectivity index (χ1n) is 5.72. The number of hydrogen-bond acceptors (Lipinski definition) is 4. The lowest BCUT2D eigenvalue weighted by molar-refractivity contribution is -0.116. The molecule has 0 bridgehead atoms. The van der Waals surface area contributed by atoms with Crippen LogP contribution in [0.2, 0.25) is 0 Å². The van der Waals surface area contributed by atoms with Crippen molar-refractivity contribution in [1.82, 2.24) is 9.80 Å². The number of allylic oxidation sites excluding steroid dienone is 1. The van der Waals surface area contributed by atoms with E-state index >= 15 is 0 Å². The molecule has 1 saturated heterocycles. The van der Waals surface area contributed by atoms with Crippen LogP contribution < -0.4 is 0 Å². The van der Waals surface area contributed by atoms with E-state index in [1.54, 1.807) is 0 Å². The van der Waals surface area contributed by atoms with Crippen LogP contribution in [0.5, 0.6) is 0 Å². The molecule has 4 nitrogen and oxygen atoms in total. The minimum atomic E-state index is -0.615. The van der Waals surface area contributed by atoms with Gasteiger partial charge in [0.05, 0.1) is 19.0 Å². The van der Waals surface area contributed by atoms with Crippen LogP contribution in [0.1, 0.15) is 6.42 Å². The second-order valence-corrected chi connectivity index (χ2v) is 4.27. The molecule has 1 rings (SSSR count). The van der Waals surface area contributed by atoms with Gasteiger partial charge in [0.15, 0.2) is 5.78 Å². The van der Waals surface area contributed by atoms with E-state index in [1.807, 2.05) is 11.9 Å². The fourth-order valence-electron chi connectivity index (χ4n) is 1.98. The number of halogens is 1. The predicted octanol–water partition coefficient (Wildman–Crippen LogP) is 0.611. The molecule has 0 aromatic heterocycles. The number of rotatable bonds is 5. The van der Waals surface area contributed by atoms with E-state index in [-0.39, 0.29) is 18.4 Å². The highest BCUT2D eigenvalue weighted by Crippen LogP contribution is 2.11. The molecule has 1 atom stereocenters. The number of nitrogens with zero attached hydrogens (tertiary/aromatic N) is 3. The van der Waals surface area contributed by atoms with Crippen molar-refractivity contribution in [1.29, 1.82) is 5.26 Å². The number of likely N-dealkylation sites (N-methyl/N-ethyl adjacent to an activating group) is 1. The van der Waals surface area contributed by atoms with Gasteiger partial charge in [0.2, 0.25) is 0 Å². The number of ketones is 1. The van der Waals surface area contributed by atoms with Gasteiger partial charge in [0, 0.05) is 25.7 Å². The maximum Gasteiger partial charge on any atom is 0.169 e. The first-order valence-corrected chi connectivity index (χ1v) is 5.72. The molecule has 94 valence electrons. The summed E-state index contributed by atoms with van der Waals surface area (Å²) in [4.78, 5) is 15.7. The van der Waals surface area contributed by atoms with Gasteiger partial charge in [-0.3, -0.25) is 9.69 Å². The Bertz CT molecular complexity index is 324. The van der Waals surface area contributed by atoms with Crippen molar-refractivity contribution >= 4 is 5.78 Å². The average molecular weight is 239 g/mol. The predicted molar refractivity (Wildman–Crippen MR) is 63.2 cm³/mol. The molecule has 0 N–H and O–H groups in total. The Kier molecular flexibility index (Phi) is 5.81. The molecule has 0 radical (unpaired) electrons. The van der Waals surface area contributed by atoms with E-state index in [4.69, 9.17) is 5.26 Å². The van der Waals surface area contributed by atoms with Crippen molar-refractivity contribution in [2.75, 3.05) is 39.9 Å². The topological polar surface area (TPSA) is 47.3 Å². The molecule has 1 heterocycles. The Hall–Kier alpha value is -1.25. The smallest absolute Gasteiger partial charge is 0.169 e.